The van der Waals surface area contributed by atoms with Gasteiger partial charge in [-0.05, 0) is 0 Å². The Labute approximate surface area is 48.1 Å². The molecule has 0 spiro atoms. The van der Waals surface area contributed by atoms with E-state index in [0.29, 0.717) is 6.47 Å². The van der Waals surface area contributed by atoms with Crippen molar-refractivity contribution in [3.63, 3.8) is 0 Å². The van der Waals surface area contributed by atoms with Crippen LogP contribution in [0.4, 0.5) is 0 Å². The van der Waals surface area contributed by atoms with Crippen molar-refractivity contribution in [1.29, 1.82) is 0 Å². The summed E-state index contributed by atoms with van der Waals surface area (Å²) in [5.74, 6) is 0. The van der Waals surface area contributed by atoms with Crippen molar-refractivity contribution >= 4 is 6.47 Å². The molecule has 3 nitrogen and oxygen atoms in total. The van der Waals surface area contributed by atoms with Gasteiger partial charge in [0.15, 0.2) is 0 Å². The van der Waals surface area contributed by atoms with Gasteiger partial charge in [0.2, 0.25) is 0 Å². The van der Waals surface area contributed by atoms with Crippen LogP contribution in [0.5, 0.6) is 0 Å². The number of carbonyl (C=O) groups excluding carboxylic acids is 1. The van der Waals surface area contributed by atoms with Crippen LogP contribution in [0.25, 0.3) is 0 Å². The van der Waals surface area contributed by atoms with Crippen LogP contribution < -0.4 is 5.73 Å². The smallest absolute Gasteiger partial charge is 0.293 e. The van der Waals surface area contributed by atoms with Gasteiger partial charge in [0.25, 0.3) is 6.47 Å². The van der Waals surface area contributed by atoms with E-state index in [1.165, 1.54) is 6.08 Å². The molecule has 2 N–H and O–H groups in total. The number of hydrogen-bond acceptors (Lipinski definition) is 3. The Morgan fingerprint density at radius 3 is 2.88 bits per heavy atom. The van der Waals surface area contributed by atoms with Crippen LogP contribution in [-0.2, 0) is 9.53 Å². The molecule has 0 fully saturated rings. The molecule has 1 atom stereocenters. The third kappa shape index (κ3) is 3.36. The molecular weight excluding hydrogens is 106 g/mol. The summed E-state index contributed by atoms with van der Waals surface area (Å²) in [4.78, 5) is 9.51. The van der Waals surface area contributed by atoms with Crippen LogP contribution in [0.3, 0.4) is 0 Å². The summed E-state index contributed by atoms with van der Waals surface area (Å²) in [5.41, 5.74) is 5.26. The van der Waals surface area contributed by atoms with E-state index in [0.717, 1.165) is 0 Å². The van der Waals surface area contributed by atoms with E-state index in [4.69, 9.17) is 5.73 Å². The standard InChI is InChI=1S/C5H9NO2/c1-2-5(6)3-8-4-7/h2,4-5H,1,3,6H2. The lowest BCUT2D eigenvalue weighted by molar-refractivity contribution is -0.128. The Kier molecular flexibility index (Phi) is 3.88. The van der Waals surface area contributed by atoms with Gasteiger partial charge < -0.3 is 10.5 Å². The van der Waals surface area contributed by atoms with Crippen molar-refractivity contribution in [1.82, 2.24) is 0 Å². The number of rotatable bonds is 4. The molecule has 0 aromatic rings. The molecule has 0 radical (unpaired) electrons. The summed E-state index contributed by atoms with van der Waals surface area (Å²) in [5, 5.41) is 0. The first-order chi connectivity index (χ1) is 3.81. The van der Waals surface area contributed by atoms with E-state index in [9.17, 15) is 4.79 Å². The monoisotopic (exact) mass is 115 g/mol. The molecule has 8 heavy (non-hydrogen) atoms. The summed E-state index contributed by atoms with van der Waals surface area (Å²) < 4.78 is 4.31. The van der Waals surface area contributed by atoms with Crippen molar-refractivity contribution in [2.24, 2.45) is 5.73 Å². The predicted molar refractivity (Wildman–Crippen MR) is 30.2 cm³/mol. The highest BCUT2D eigenvalue weighted by atomic mass is 16.5. The fraction of sp³-hybridized carbons (Fsp3) is 0.400. The largest absolute Gasteiger partial charge is 0.466 e. The minimum atomic E-state index is -0.236. The highest BCUT2D eigenvalue weighted by molar-refractivity contribution is 5.37. The van der Waals surface area contributed by atoms with E-state index in [-0.39, 0.29) is 12.6 Å². The zero-order valence-corrected chi connectivity index (χ0v) is 4.54. The number of nitrogens with two attached hydrogens (primary N) is 1. The predicted octanol–water partition coefficient (Wildman–Crippen LogP) is -0.327. The average molecular weight is 115 g/mol. The van der Waals surface area contributed by atoms with Gasteiger partial charge in [-0.3, -0.25) is 4.79 Å². The minimum Gasteiger partial charge on any atom is -0.466 e. The fourth-order valence-corrected chi connectivity index (χ4v) is 0.218. The molecule has 46 valence electrons. The lowest BCUT2D eigenvalue weighted by atomic mass is 10.3. The average Bonchev–Trinajstić information content (AvgIpc) is 1.83. The van der Waals surface area contributed by atoms with Crippen LogP contribution in [0.15, 0.2) is 12.7 Å². The molecular formula is C5H9NO2. The summed E-state index contributed by atoms with van der Waals surface area (Å²) in [7, 11) is 0. The number of hydrogen-bond donors (Lipinski definition) is 1. The van der Waals surface area contributed by atoms with Crippen LogP contribution >= 0.6 is 0 Å². The van der Waals surface area contributed by atoms with Crippen LogP contribution in [0.2, 0.25) is 0 Å². The lowest BCUT2D eigenvalue weighted by Gasteiger charge is -2.00. The molecule has 0 aromatic heterocycles. The molecule has 1 unspecified atom stereocenters. The second-order valence-electron chi connectivity index (χ2n) is 1.33. The van der Waals surface area contributed by atoms with Crippen molar-refractivity contribution in [2.45, 2.75) is 6.04 Å². The highest BCUT2D eigenvalue weighted by Gasteiger charge is 1.92. The summed E-state index contributed by atoms with van der Waals surface area (Å²) >= 11 is 0. The van der Waals surface area contributed by atoms with E-state index in [2.05, 4.69) is 11.3 Å². The van der Waals surface area contributed by atoms with E-state index in [1.807, 2.05) is 0 Å². The summed E-state index contributed by atoms with van der Waals surface area (Å²) in [6.45, 7) is 3.97. The third-order valence-electron chi connectivity index (χ3n) is 0.659. The van der Waals surface area contributed by atoms with Crippen molar-refractivity contribution in [3.05, 3.63) is 12.7 Å². The first-order valence-corrected chi connectivity index (χ1v) is 2.24. The van der Waals surface area contributed by atoms with Gasteiger partial charge in [0.05, 0.1) is 6.04 Å². The van der Waals surface area contributed by atoms with Crippen molar-refractivity contribution in [2.75, 3.05) is 6.61 Å². The van der Waals surface area contributed by atoms with Gasteiger partial charge >= 0.3 is 0 Å². The molecule has 0 aromatic carbocycles. The molecule has 0 aliphatic rings. The Balaban J connectivity index is 3.09. The van der Waals surface area contributed by atoms with Gasteiger partial charge in [0.1, 0.15) is 6.61 Å². The van der Waals surface area contributed by atoms with Crippen LogP contribution in [0, 0.1) is 0 Å². The normalized spacial score (nSPS) is 12.1. The van der Waals surface area contributed by atoms with Crippen LogP contribution in [-0.4, -0.2) is 19.1 Å². The molecule has 3 heteroatoms. The SMILES string of the molecule is C=CC(N)COC=O. The second-order valence-corrected chi connectivity index (χ2v) is 1.33. The Morgan fingerprint density at radius 1 is 1.88 bits per heavy atom. The molecule has 0 heterocycles. The van der Waals surface area contributed by atoms with Crippen molar-refractivity contribution in [3.8, 4) is 0 Å². The summed E-state index contributed by atoms with van der Waals surface area (Å²) in [6.07, 6.45) is 1.52. The quantitative estimate of drug-likeness (QED) is 0.403. The molecule has 0 saturated carbocycles. The zero-order valence-electron chi connectivity index (χ0n) is 4.54. The number of carbonyl (C=O) groups is 1. The van der Waals surface area contributed by atoms with E-state index >= 15 is 0 Å². The van der Waals surface area contributed by atoms with Gasteiger partial charge in [0, 0.05) is 0 Å². The first-order valence-electron chi connectivity index (χ1n) is 2.24. The number of ether oxygens (including phenoxy) is 1. The van der Waals surface area contributed by atoms with Gasteiger partial charge in [-0.2, -0.15) is 0 Å². The molecule has 0 saturated heterocycles. The zero-order chi connectivity index (χ0) is 6.41. The highest BCUT2D eigenvalue weighted by Crippen LogP contribution is 1.77. The third-order valence-corrected chi connectivity index (χ3v) is 0.659. The maximum atomic E-state index is 9.51. The minimum absolute atomic E-state index is 0.215. The Morgan fingerprint density at radius 2 is 2.50 bits per heavy atom. The maximum Gasteiger partial charge on any atom is 0.293 e. The molecule has 0 aliphatic carbocycles. The van der Waals surface area contributed by atoms with Crippen molar-refractivity contribution < 1.29 is 9.53 Å². The first kappa shape index (κ1) is 7.17. The van der Waals surface area contributed by atoms with Gasteiger partial charge in [-0.1, -0.05) is 6.08 Å². The Bertz CT molecular complexity index is 82.5. The second kappa shape index (κ2) is 4.33. The van der Waals surface area contributed by atoms with Crippen LogP contribution in [0.1, 0.15) is 0 Å². The molecule has 0 aliphatic heterocycles. The van der Waals surface area contributed by atoms with Gasteiger partial charge in [-0.15, -0.1) is 6.58 Å². The van der Waals surface area contributed by atoms with E-state index in [1.54, 1.807) is 0 Å². The topological polar surface area (TPSA) is 52.3 Å². The van der Waals surface area contributed by atoms with E-state index < -0.39 is 0 Å². The molecule has 0 bridgehead atoms. The molecule has 0 amide bonds. The maximum absolute atomic E-state index is 9.51. The fourth-order valence-electron chi connectivity index (χ4n) is 0.218. The summed E-state index contributed by atoms with van der Waals surface area (Å²) in [6, 6.07) is -0.236. The molecule has 0 rings (SSSR count). The Hall–Kier alpha value is -0.830. The lowest BCUT2D eigenvalue weighted by Crippen LogP contribution is -2.22. The van der Waals surface area contributed by atoms with Gasteiger partial charge in [-0.25, -0.2) is 0 Å².